The lowest BCUT2D eigenvalue weighted by Crippen LogP contribution is -2.33. The molecule has 0 radical (unpaired) electrons. The van der Waals surface area contributed by atoms with Crippen LogP contribution in [-0.4, -0.2) is 35.7 Å². The largest absolute Gasteiger partial charge is 0.479 e. The zero-order valence-electron chi connectivity index (χ0n) is 10.4. The number of hydrogen-bond donors (Lipinski definition) is 2. The van der Waals surface area contributed by atoms with E-state index in [0.29, 0.717) is 30.0 Å². The Bertz CT molecular complexity index is 537. The first-order valence-electron chi connectivity index (χ1n) is 6.09. The van der Waals surface area contributed by atoms with Gasteiger partial charge in [-0.15, -0.1) is 0 Å². The van der Waals surface area contributed by atoms with Crippen molar-refractivity contribution in [2.45, 2.75) is 25.0 Å². The highest BCUT2D eigenvalue weighted by Gasteiger charge is 2.30. The third kappa shape index (κ3) is 3.83. The number of hydrogen-bond acceptors (Lipinski definition) is 3. The molecule has 20 heavy (non-hydrogen) atoms. The molecule has 0 saturated carbocycles. The number of carboxylic acid groups (broad SMARTS) is 1. The Morgan fingerprint density at radius 2 is 2.20 bits per heavy atom. The highest BCUT2D eigenvalue weighted by molar-refractivity contribution is 14.1. The van der Waals surface area contributed by atoms with Gasteiger partial charge >= 0.3 is 5.97 Å². The Morgan fingerprint density at radius 3 is 2.85 bits per heavy atom. The van der Waals surface area contributed by atoms with Gasteiger partial charge in [0.25, 0.3) is 5.91 Å². The molecule has 7 heteroatoms. The minimum atomic E-state index is -0.955. The van der Waals surface area contributed by atoms with E-state index in [1.165, 1.54) is 0 Å². The number of nitrogens with one attached hydrogen (secondary N) is 1. The normalized spacial score (nSPS) is 21.7. The summed E-state index contributed by atoms with van der Waals surface area (Å²) in [6.07, 6.45) is 0.0918. The quantitative estimate of drug-likeness (QED) is 0.749. The number of amides is 1. The van der Waals surface area contributed by atoms with Crippen LogP contribution in [0.2, 0.25) is 5.02 Å². The summed E-state index contributed by atoms with van der Waals surface area (Å²) in [5.41, 5.74) is 0.505. The summed E-state index contributed by atoms with van der Waals surface area (Å²) in [5, 5.41) is 12.1. The van der Waals surface area contributed by atoms with Crippen LogP contribution in [-0.2, 0) is 9.53 Å². The SMILES string of the molecule is O=C(NCC1CCC(C(=O)O)O1)c1cc(Cl)ccc1I. The fourth-order valence-electron chi connectivity index (χ4n) is 2.01. The van der Waals surface area contributed by atoms with Crippen molar-refractivity contribution in [1.82, 2.24) is 5.32 Å². The first-order valence-corrected chi connectivity index (χ1v) is 7.54. The van der Waals surface area contributed by atoms with Crippen LogP contribution in [0.1, 0.15) is 23.2 Å². The minimum Gasteiger partial charge on any atom is -0.479 e. The van der Waals surface area contributed by atoms with Gasteiger partial charge in [-0.3, -0.25) is 4.79 Å². The summed E-state index contributed by atoms with van der Waals surface area (Å²) in [4.78, 5) is 22.8. The minimum absolute atomic E-state index is 0.237. The summed E-state index contributed by atoms with van der Waals surface area (Å²) in [6, 6.07) is 5.09. The van der Waals surface area contributed by atoms with Gasteiger partial charge < -0.3 is 15.2 Å². The third-order valence-electron chi connectivity index (χ3n) is 3.05. The number of carbonyl (C=O) groups is 2. The van der Waals surface area contributed by atoms with Gasteiger partial charge in [0.05, 0.1) is 11.7 Å². The molecule has 0 aliphatic carbocycles. The lowest BCUT2D eigenvalue weighted by Gasteiger charge is -2.13. The van der Waals surface area contributed by atoms with Crippen molar-refractivity contribution in [2.75, 3.05) is 6.54 Å². The van der Waals surface area contributed by atoms with E-state index in [-0.39, 0.29) is 12.0 Å². The van der Waals surface area contributed by atoms with E-state index in [1.54, 1.807) is 18.2 Å². The fourth-order valence-corrected chi connectivity index (χ4v) is 2.76. The van der Waals surface area contributed by atoms with Gasteiger partial charge in [-0.2, -0.15) is 0 Å². The predicted molar refractivity (Wildman–Crippen MR) is 82.0 cm³/mol. The van der Waals surface area contributed by atoms with Crippen LogP contribution in [0.5, 0.6) is 0 Å². The highest BCUT2D eigenvalue weighted by atomic mass is 127. The lowest BCUT2D eigenvalue weighted by molar-refractivity contribution is -0.149. The molecule has 1 saturated heterocycles. The summed E-state index contributed by atoms with van der Waals surface area (Å²) in [5.74, 6) is -1.19. The summed E-state index contributed by atoms with van der Waals surface area (Å²) in [6.45, 7) is 0.297. The van der Waals surface area contributed by atoms with Crippen LogP contribution in [0.3, 0.4) is 0 Å². The molecular formula is C13H13ClINO4. The number of halogens is 2. The second-order valence-electron chi connectivity index (χ2n) is 4.50. The highest BCUT2D eigenvalue weighted by Crippen LogP contribution is 2.20. The lowest BCUT2D eigenvalue weighted by atomic mass is 10.2. The third-order valence-corrected chi connectivity index (χ3v) is 4.22. The number of aliphatic carboxylic acids is 1. The molecule has 2 rings (SSSR count). The number of rotatable bonds is 4. The molecule has 1 aliphatic heterocycles. The van der Waals surface area contributed by atoms with Crippen LogP contribution < -0.4 is 5.32 Å². The van der Waals surface area contributed by atoms with Crippen LogP contribution in [0, 0.1) is 3.57 Å². The predicted octanol–water partition coefficient (Wildman–Crippen LogP) is 2.31. The van der Waals surface area contributed by atoms with Crippen molar-refractivity contribution >= 4 is 46.1 Å². The van der Waals surface area contributed by atoms with Gasteiger partial charge in [0, 0.05) is 15.1 Å². The van der Waals surface area contributed by atoms with Gasteiger partial charge in [0.1, 0.15) is 0 Å². The second kappa shape index (κ2) is 6.73. The summed E-state index contributed by atoms with van der Waals surface area (Å²) >= 11 is 7.93. The van der Waals surface area contributed by atoms with Crippen LogP contribution in [0.15, 0.2) is 18.2 Å². The van der Waals surface area contributed by atoms with Gasteiger partial charge in [-0.05, 0) is 53.6 Å². The van der Waals surface area contributed by atoms with Crippen molar-refractivity contribution in [3.8, 4) is 0 Å². The van der Waals surface area contributed by atoms with E-state index < -0.39 is 12.1 Å². The monoisotopic (exact) mass is 409 g/mol. The standard InChI is InChI=1S/C13H13ClINO4/c14-7-1-3-10(15)9(5-7)12(17)16-6-8-2-4-11(20-8)13(18)19/h1,3,5,8,11H,2,4,6H2,(H,16,17)(H,18,19). The van der Waals surface area contributed by atoms with Gasteiger partial charge in [0.2, 0.25) is 0 Å². The topological polar surface area (TPSA) is 75.6 Å². The number of carboxylic acids is 1. The number of carbonyl (C=O) groups excluding carboxylic acids is 1. The van der Waals surface area contributed by atoms with Crippen molar-refractivity contribution in [1.29, 1.82) is 0 Å². The van der Waals surface area contributed by atoms with Crippen LogP contribution in [0.25, 0.3) is 0 Å². The second-order valence-corrected chi connectivity index (χ2v) is 6.10. The first-order chi connectivity index (χ1) is 9.47. The molecular weight excluding hydrogens is 397 g/mol. The van der Waals surface area contributed by atoms with Gasteiger partial charge in [-0.1, -0.05) is 11.6 Å². The maximum atomic E-state index is 12.0. The van der Waals surface area contributed by atoms with Crippen molar-refractivity contribution in [3.63, 3.8) is 0 Å². The fraction of sp³-hybridized carbons (Fsp3) is 0.385. The Labute approximate surface area is 134 Å². The molecule has 1 aromatic rings. The molecule has 1 fully saturated rings. The zero-order valence-corrected chi connectivity index (χ0v) is 13.3. The molecule has 0 aromatic heterocycles. The molecule has 108 valence electrons. The van der Waals surface area contributed by atoms with E-state index in [4.69, 9.17) is 21.4 Å². The van der Waals surface area contributed by atoms with Gasteiger partial charge in [-0.25, -0.2) is 4.79 Å². The average molecular weight is 410 g/mol. The molecule has 1 aliphatic rings. The molecule has 1 amide bonds. The first kappa shape index (κ1) is 15.5. The number of ether oxygens (including phenoxy) is 1. The molecule has 2 N–H and O–H groups in total. The van der Waals surface area contributed by atoms with E-state index in [0.717, 1.165) is 3.57 Å². The van der Waals surface area contributed by atoms with E-state index >= 15 is 0 Å². The van der Waals surface area contributed by atoms with Crippen molar-refractivity contribution in [3.05, 3.63) is 32.4 Å². The van der Waals surface area contributed by atoms with Crippen LogP contribution >= 0.6 is 34.2 Å². The van der Waals surface area contributed by atoms with Crippen molar-refractivity contribution in [2.24, 2.45) is 0 Å². The van der Waals surface area contributed by atoms with E-state index in [9.17, 15) is 9.59 Å². The molecule has 1 heterocycles. The van der Waals surface area contributed by atoms with E-state index in [2.05, 4.69) is 27.9 Å². The molecule has 2 atom stereocenters. The molecule has 1 aromatic carbocycles. The zero-order chi connectivity index (χ0) is 14.7. The van der Waals surface area contributed by atoms with Gasteiger partial charge in [0.15, 0.2) is 6.10 Å². The number of benzene rings is 1. The Kier molecular flexibility index (Phi) is 5.22. The summed E-state index contributed by atoms with van der Waals surface area (Å²) in [7, 11) is 0. The average Bonchev–Trinajstić information content (AvgIpc) is 2.88. The maximum Gasteiger partial charge on any atom is 0.332 e. The summed E-state index contributed by atoms with van der Waals surface area (Å²) < 4.78 is 6.13. The maximum absolute atomic E-state index is 12.0. The van der Waals surface area contributed by atoms with E-state index in [1.807, 2.05) is 0 Å². The van der Waals surface area contributed by atoms with Crippen molar-refractivity contribution < 1.29 is 19.4 Å². The van der Waals surface area contributed by atoms with Crippen LogP contribution in [0.4, 0.5) is 0 Å². The smallest absolute Gasteiger partial charge is 0.332 e. The molecule has 2 unspecified atom stereocenters. The Balaban J connectivity index is 1.90. The Morgan fingerprint density at radius 1 is 1.45 bits per heavy atom. The molecule has 0 spiro atoms. The molecule has 5 nitrogen and oxygen atoms in total. The Hall–Kier alpha value is -0.860. The molecule has 0 bridgehead atoms.